The molecule has 1 aliphatic carbocycles. The second-order valence-corrected chi connectivity index (χ2v) is 9.29. The number of hydrogen-bond donors (Lipinski definition) is 1. The molecule has 1 aromatic rings. The topological polar surface area (TPSA) is 71.1 Å². The van der Waals surface area contributed by atoms with Gasteiger partial charge in [0.2, 0.25) is 18.6 Å². The Morgan fingerprint density at radius 2 is 1.87 bits per heavy atom. The van der Waals surface area contributed by atoms with Gasteiger partial charge in [-0.1, -0.05) is 32.8 Å². The summed E-state index contributed by atoms with van der Waals surface area (Å²) in [7, 11) is 0. The molecule has 2 aliphatic heterocycles. The highest BCUT2D eigenvalue weighted by atomic mass is 16.7. The molecule has 170 valence electrons. The van der Waals surface area contributed by atoms with Crippen molar-refractivity contribution in [1.82, 2.24) is 15.1 Å². The van der Waals surface area contributed by atoms with E-state index in [-0.39, 0.29) is 25.2 Å². The van der Waals surface area contributed by atoms with Gasteiger partial charge in [-0.2, -0.15) is 0 Å². The maximum Gasteiger partial charge on any atom is 0.241 e. The number of fused-ring (bicyclic) bond motifs is 1. The normalized spacial score (nSPS) is 25.1. The van der Waals surface area contributed by atoms with Gasteiger partial charge in [0, 0.05) is 25.7 Å². The minimum atomic E-state index is -0.0845. The molecule has 0 aromatic heterocycles. The fourth-order valence-electron chi connectivity index (χ4n) is 5.13. The zero-order valence-corrected chi connectivity index (χ0v) is 18.8. The minimum Gasteiger partial charge on any atom is -0.454 e. The van der Waals surface area contributed by atoms with Crippen LogP contribution in [0.3, 0.4) is 0 Å². The fourth-order valence-corrected chi connectivity index (χ4v) is 5.13. The number of nitrogens with one attached hydrogen (secondary N) is 1. The molecule has 0 spiro atoms. The van der Waals surface area contributed by atoms with Gasteiger partial charge in [-0.05, 0) is 48.8 Å². The predicted molar refractivity (Wildman–Crippen MR) is 118 cm³/mol. The van der Waals surface area contributed by atoms with Crippen LogP contribution in [-0.4, -0.2) is 60.6 Å². The number of carbonyl (C=O) groups is 2. The molecule has 1 saturated heterocycles. The van der Waals surface area contributed by atoms with Crippen molar-refractivity contribution in [1.29, 1.82) is 0 Å². The third kappa shape index (κ3) is 5.32. The van der Waals surface area contributed by atoms with E-state index in [0.29, 0.717) is 31.0 Å². The Hall–Kier alpha value is -2.28. The van der Waals surface area contributed by atoms with Crippen molar-refractivity contribution in [2.45, 2.75) is 58.5 Å². The molecule has 0 bridgehead atoms. The number of likely N-dealkylation sites (tertiary alicyclic amines) is 1. The van der Waals surface area contributed by atoms with E-state index < -0.39 is 0 Å². The number of amides is 2. The predicted octanol–water partition coefficient (Wildman–Crippen LogP) is 2.78. The van der Waals surface area contributed by atoms with Crippen LogP contribution in [0.4, 0.5) is 0 Å². The van der Waals surface area contributed by atoms with Gasteiger partial charge >= 0.3 is 0 Å². The van der Waals surface area contributed by atoms with Crippen LogP contribution in [0.15, 0.2) is 18.2 Å². The average molecular weight is 430 g/mol. The van der Waals surface area contributed by atoms with Crippen molar-refractivity contribution < 1.29 is 19.1 Å². The van der Waals surface area contributed by atoms with E-state index >= 15 is 0 Å². The summed E-state index contributed by atoms with van der Waals surface area (Å²) in [5.74, 6) is 2.63. The highest BCUT2D eigenvalue weighted by Gasteiger charge is 2.33. The van der Waals surface area contributed by atoms with Crippen molar-refractivity contribution in [3.05, 3.63) is 23.8 Å². The van der Waals surface area contributed by atoms with E-state index in [4.69, 9.17) is 9.47 Å². The molecule has 1 N–H and O–H groups in total. The van der Waals surface area contributed by atoms with Crippen molar-refractivity contribution in [3.8, 4) is 11.5 Å². The standard InChI is InChI=1S/C24H35N3O4/c1-17-6-5-7-20(18(17)2)27(14-19-8-9-21-22(12-19)31-16-30-21)15-23(28)25-13-24(29)26-10-3-4-11-26/h8-9,12,17-18,20H,3-7,10-11,13-16H2,1-2H3,(H,25,28). The van der Waals surface area contributed by atoms with Crippen LogP contribution >= 0.6 is 0 Å². The Morgan fingerprint density at radius 3 is 2.68 bits per heavy atom. The van der Waals surface area contributed by atoms with Gasteiger partial charge in [-0.25, -0.2) is 0 Å². The van der Waals surface area contributed by atoms with Gasteiger partial charge in [0.05, 0.1) is 13.1 Å². The highest BCUT2D eigenvalue weighted by Crippen LogP contribution is 2.35. The number of ether oxygens (including phenoxy) is 2. The lowest BCUT2D eigenvalue weighted by Crippen LogP contribution is -2.49. The Morgan fingerprint density at radius 1 is 1.10 bits per heavy atom. The molecule has 7 heteroatoms. The van der Waals surface area contributed by atoms with Gasteiger partial charge in [0.15, 0.2) is 11.5 Å². The molecule has 2 amide bonds. The van der Waals surface area contributed by atoms with Gasteiger partial charge in [0.25, 0.3) is 0 Å². The van der Waals surface area contributed by atoms with Crippen LogP contribution < -0.4 is 14.8 Å². The zero-order chi connectivity index (χ0) is 21.8. The molecular formula is C24H35N3O4. The lowest BCUT2D eigenvalue weighted by molar-refractivity contribution is -0.132. The molecule has 3 aliphatic rings. The summed E-state index contributed by atoms with van der Waals surface area (Å²) in [6.45, 7) is 7.54. The lowest BCUT2D eigenvalue weighted by atomic mass is 9.77. The molecule has 0 radical (unpaired) electrons. The third-order valence-corrected chi connectivity index (χ3v) is 7.20. The first-order chi connectivity index (χ1) is 15.0. The first-order valence-electron chi connectivity index (χ1n) is 11.7. The Balaban J connectivity index is 1.41. The lowest BCUT2D eigenvalue weighted by Gasteiger charge is -2.41. The number of nitrogens with zero attached hydrogens (tertiary/aromatic N) is 2. The van der Waals surface area contributed by atoms with Crippen molar-refractivity contribution in [2.75, 3.05) is 33.0 Å². The number of rotatable bonds is 7. The minimum absolute atomic E-state index is 0.0211. The van der Waals surface area contributed by atoms with Crippen molar-refractivity contribution in [3.63, 3.8) is 0 Å². The van der Waals surface area contributed by atoms with Crippen LogP contribution in [0.25, 0.3) is 0 Å². The van der Waals surface area contributed by atoms with Crippen LogP contribution in [0.2, 0.25) is 0 Å². The van der Waals surface area contributed by atoms with Gasteiger partial charge in [-0.15, -0.1) is 0 Å². The molecule has 1 aromatic carbocycles. The largest absolute Gasteiger partial charge is 0.454 e. The summed E-state index contributed by atoms with van der Waals surface area (Å²) < 4.78 is 11.0. The Kier molecular flexibility index (Phi) is 7.00. The fraction of sp³-hybridized carbons (Fsp3) is 0.667. The van der Waals surface area contributed by atoms with Crippen LogP contribution in [0, 0.1) is 11.8 Å². The molecule has 1 saturated carbocycles. The highest BCUT2D eigenvalue weighted by molar-refractivity contribution is 5.85. The van der Waals surface area contributed by atoms with E-state index in [0.717, 1.165) is 49.4 Å². The molecular weight excluding hydrogens is 394 g/mol. The quantitative estimate of drug-likeness (QED) is 0.722. The number of hydrogen-bond acceptors (Lipinski definition) is 5. The van der Waals surface area contributed by atoms with E-state index in [9.17, 15) is 9.59 Å². The van der Waals surface area contributed by atoms with E-state index in [2.05, 4.69) is 24.1 Å². The van der Waals surface area contributed by atoms with Gasteiger partial charge < -0.3 is 19.7 Å². The monoisotopic (exact) mass is 429 g/mol. The van der Waals surface area contributed by atoms with Gasteiger partial charge in [-0.3, -0.25) is 14.5 Å². The summed E-state index contributed by atoms with van der Waals surface area (Å²) in [6, 6.07) is 6.35. The molecule has 2 heterocycles. The molecule has 3 unspecified atom stereocenters. The van der Waals surface area contributed by atoms with Crippen molar-refractivity contribution in [2.24, 2.45) is 11.8 Å². The molecule has 3 atom stereocenters. The molecule has 4 rings (SSSR count). The SMILES string of the molecule is CC1CCCC(N(CC(=O)NCC(=O)N2CCCC2)Cc2ccc3c(c2)OCO3)C1C. The van der Waals surface area contributed by atoms with Gasteiger partial charge in [0.1, 0.15) is 0 Å². The maximum atomic E-state index is 12.8. The summed E-state index contributed by atoms with van der Waals surface area (Å²) in [5.41, 5.74) is 1.11. The van der Waals surface area contributed by atoms with Crippen molar-refractivity contribution >= 4 is 11.8 Å². The summed E-state index contributed by atoms with van der Waals surface area (Å²) in [5, 5.41) is 2.87. The van der Waals surface area contributed by atoms with Crippen LogP contribution in [-0.2, 0) is 16.1 Å². The van der Waals surface area contributed by atoms with E-state index in [1.165, 1.54) is 12.8 Å². The van der Waals surface area contributed by atoms with E-state index in [1.807, 2.05) is 23.1 Å². The molecule has 2 fully saturated rings. The molecule has 7 nitrogen and oxygen atoms in total. The number of benzene rings is 1. The Bertz CT molecular complexity index is 793. The average Bonchev–Trinajstić information content (AvgIpc) is 3.45. The van der Waals surface area contributed by atoms with Crippen LogP contribution in [0.5, 0.6) is 11.5 Å². The van der Waals surface area contributed by atoms with E-state index in [1.54, 1.807) is 0 Å². The maximum absolute atomic E-state index is 12.8. The summed E-state index contributed by atoms with van der Waals surface area (Å²) in [4.78, 5) is 29.2. The smallest absolute Gasteiger partial charge is 0.241 e. The number of carbonyl (C=O) groups excluding carboxylic acids is 2. The van der Waals surface area contributed by atoms with Crippen LogP contribution in [0.1, 0.15) is 51.5 Å². The summed E-state index contributed by atoms with van der Waals surface area (Å²) in [6.07, 6.45) is 5.63. The molecule has 31 heavy (non-hydrogen) atoms. The third-order valence-electron chi connectivity index (χ3n) is 7.20. The second kappa shape index (κ2) is 9.90. The first kappa shape index (κ1) is 21.9. The summed E-state index contributed by atoms with van der Waals surface area (Å²) >= 11 is 0. The first-order valence-corrected chi connectivity index (χ1v) is 11.7. The second-order valence-electron chi connectivity index (χ2n) is 9.29. The Labute approximate surface area is 185 Å². The zero-order valence-electron chi connectivity index (χ0n) is 18.8.